The molecule has 0 saturated carbocycles. The van der Waals surface area contributed by atoms with Gasteiger partial charge in [0.25, 0.3) is 0 Å². The van der Waals surface area contributed by atoms with Crippen molar-refractivity contribution in [1.82, 2.24) is 5.32 Å². The van der Waals surface area contributed by atoms with Crippen LogP contribution in [0.25, 0.3) is 0 Å². The lowest BCUT2D eigenvalue weighted by atomic mass is 10.1. The first kappa shape index (κ1) is 13.0. The molecule has 0 amide bonds. The summed E-state index contributed by atoms with van der Waals surface area (Å²) >= 11 is 0. The predicted molar refractivity (Wildman–Crippen MR) is 67.4 cm³/mol. The SMILES string of the molecule is CCCNC(C)c1cc(F)ccc1N(C)C. The highest BCUT2D eigenvalue weighted by Gasteiger charge is 2.12. The minimum atomic E-state index is -0.175. The second kappa shape index (κ2) is 5.85. The smallest absolute Gasteiger partial charge is 0.123 e. The van der Waals surface area contributed by atoms with Crippen LogP contribution in [0.1, 0.15) is 31.9 Å². The van der Waals surface area contributed by atoms with Gasteiger partial charge in [-0.15, -0.1) is 0 Å². The molecule has 0 aliphatic rings. The summed E-state index contributed by atoms with van der Waals surface area (Å²) < 4.78 is 13.2. The summed E-state index contributed by atoms with van der Waals surface area (Å²) in [6.07, 6.45) is 1.08. The summed E-state index contributed by atoms with van der Waals surface area (Å²) in [4.78, 5) is 2.01. The fourth-order valence-electron chi connectivity index (χ4n) is 1.75. The number of nitrogens with zero attached hydrogens (tertiary/aromatic N) is 1. The molecule has 1 unspecified atom stereocenters. The Hall–Kier alpha value is -1.09. The Morgan fingerprint density at radius 1 is 1.38 bits per heavy atom. The number of nitrogens with one attached hydrogen (secondary N) is 1. The first-order chi connectivity index (χ1) is 7.56. The summed E-state index contributed by atoms with van der Waals surface area (Å²) in [6, 6.07) is 5.12. The number of halogens is 1. The topological polar surface area (TPSA) is 15.3 Å². The number of hydrogen-bond donors (Lipinski definition) is 1. The number of anilines is 1. The molecule has 1 atom stereocenters. The van der Waals surface area contributed by atoms with Crippen LogP contribution in [0.3, 0.4) is 0 Å². The van der Waals surface area contributed by atoms with Crippen molar-refractivity contribution in [3.05, 3.63) is 29.6 Å². The third-order valence-electron chi connectivity index (χ3n) is 2.64. The summed E-state index contributed by atoms with van der Waals surface area (Å²) in [5.41, 5.74) is 2.08. The van der Waals surface area contributed by atoms with Crippen molar-refractivity contribution < 1.29 is 4.39 Å². The van der Waals surface area contributed by atoms with Crippen LogP contribution < -0.4 is 10.2 Å². The lowest BCUT2D eigenvalue weighted by Crippen LogP contribution is -2.22. The van der Waals surface area contributed by atoms with E-state index in [9.17, 15) is 4.39 Å². The van der Waals surface area contributed by atoms with E-state index in [0.29, 0.717) is 0 Å². The summed E-state index contributed by atoms with van der Waals surface area (Å²) in [6.45, 7) is 5.14. The molecule has 1 aromatic carbocycles. The molecule has 3 heteroatoms. The molecule has 2 nitrogen and oxygen atoms in total. The van der Waals surface area contributed by atoms with E-state index < -0.39 is 0 Å². The van der Waals surface area contributed by atoms with Gasteiger partial charge in [0.2, 0.25) is 0 Å². The molecule has 0 bridgehead atoms. The Morgan fingerprint density at radius 2 is 2.06 bits per heavy atom. The molecule has 1 rings (SSSR count). The highest BCUT2D eigenvalue weighted by molar-refractivity contribution is 5.54. The molecule has 0 saturated heterocycles. The molecule has 0 aliphatic carbocycles. The van der Waals surface area contributed by atoms with Crippen molar-refractivity contribution in [2.24, 2.45) is 0 Å². The van der Waals surface area contributed by atoms with E-state index in [1.807, 2.05) is 25.1 Å². The third kappa shape index (κ3) is 3.20. The van der Waals surface area contributed by atoms with Gasteiger partial charge in [-0.2, -0.15) is 0 Å². The van der Waals surface area contributed by atoms with Gasteiger partial charge >= 0.3 is 0 Å². The Bertz CT molecular complexity index is 337. The van der Waals surface area contributed by atoms with Gasteiger partial charge in [0.15, 0.2) is 0 Å². The highest BCUT2D eigenvalue weighted by atomic mass is 19.1. The standard InChI is InChI=1S/C13H21FN2/c1-5-8-15-10(2)12-9-11(14)6-7-13(12)16(3)4/h6-7,9-10,15H,5,8H2,1-4H3. The van der Waals surface area contributed by atoms with E-state index in [0.717, 1.165) is 24.2 Å². The first-order valence-electron chi connectivity index (χ1n) is 5.76. The highest BCUT2D eigenvalue weighted by Crippen LogP contribution is 2.25. The van der Waals surface area contributed by atoms with Crippen LogP contribution in [-0.2, 0) is 0 Å². The maximum Gasteiger partial charge on any atom is 0.123 e. The van der Waals surface area contributed by atoms with Crippen molar-refractivity contribution in [2.75, 3.05) is 25.5 Å². The fourth-order valence-corrected chi connectivity index (χ4v) is 1.75. The van der Waals surface area contributed by atoms with Gasteiger partial charge in [-0.05, 0) is 43.7 Å². The zero-order chi connectivity index (χ0) is 12.1. The van der Waals surface area contributed by atoms with Gasteiger partial charge in [-0.1, -0.05) is 6.92 Å². The van der Waals surface area contributed by atoms with Gasteiger partial charge in [0, 0.05) is 25.8 Å². The number of rotatable bonds is 5. The minimum Gasteiger partial charge on any atom is -0.377 e. The third-order valence-corrected chi connectivity index (χ3v) is 2.64. The first-order valence-corrected chi connectivity index (χ1v) is 5.76. The lowest BCUT2D eigenvalue weighted by molar-refractivity contribution is 0.562. The Balaban J connectivity index is 2.95. The maximum absolute atomic E-state index is 13.2. The maximum atomic E-state index is 13.2. The van der Waals surface area contributed by atoms with Crippen molar-refractivity contribution in [3.8, 4) is 0 Å². The van der Waals surface area contributed by atoms with E-state index in [1.54, 1.807) is 6.07 Å². The number of hydrogen-bond acceptors (Lipinski definition) is 2. The van der Waals surface area contributed by atoms with Gasteiger partial charge in [0.05, 0.1) is 0 Å². The zero-order valence-electron chi connectivity index (χ0n) is 10.5. The van der Waals surface area contributed by atoms with Crippen LogP contribution in [-0.4, -0.2) is 20.6 Å². The Kier molecular flexibility index (Phi) is 4.74. The molecule has 1 aromatic rings. The minimum absolute atomic E-state index is 0.174. The van der Waals surface area contributed by atoms with Crippen LogP contribution in [0.5, 0.6) is 0 Å². The molecule has 0 spiro atoms. The zero-order valence-corrected chi connectivity index (χ0v) is 10.5. The quantitative estimate of drug-likeness (QED) is 0.827. The van der Waals surface area contributed by atoms with Crippen LogP contribution in [0, 0.1) is 5.82 Å². The van der Waals surface area contributed by atoms with Crippen molar-refractivity contribution in [1.29, 1.82) is 0 Å². The lowest BCUT2D eigenvalue weighted by Gasteiger charge is -2.22. The van der Waals surface area contributed by atoms with Gasteiger partial charge < -0.3 is 10.2 Å². The van der Waals surface area contributed by atoms with E-state index in [-0.39, 0.29) is 11.9 Å². The average molecular weight is 224 g/mol. The fraction of sp³-hybridized carbons (Fsp3) is 0.538. The Labute approximate surface area is 97.5 Å². The summed E-state index contributed by atoms with van der Waals surface area (Å²) in [5, 5.41) is 3.38. The monoisotopic (exact) mass is 224 g/mol. The van der Waals surface area contributed by atoms with Crippen molar-refractivity contribution >= 4 is 5.69 Å². The molecular formula is C13H21FN2. The molecule has 0 radical (unpaired) electrons. The predicted octanol–water partition coefficient (Wildman–Crippen LogP) is 2.95. The molecule has 90 valence electrons. The largest absolute Gasteiger partial charge is 0.377 e. The van der Waals surface area contributed by atoms with Crippen LogP contribution in [0.4, 0.5) is 10.1 Å². The second-order valence-electron chi connectivity index (χ2n) is 4.27. The molecule has 0 aliphatic heterocycles. The average Bonchev–Trinajstić information content (AvgIpc) is 2.25. The molecule has 16 heavy (non-hydrogen) atoms. The molecule has 0 heterocycles. The number of benzene rings is 1. The molecule has 0 aromatic heterocycles. The van der Waals surface area contributed by atoms with Crippen LogP contribution >= 0.6 is 0 Å². The van der Waals surface area contributed by atoms with Gasteiger partial charge in [-0.25, -0.2) is 4.39 Å². The van der Waals surface area contributed by atoms with Crippen LogP contribution in [0.2, 0.25) is 0 Å². The summed E-state index contributed by atoms with van der Waals surface area (Å²) in [7, 11) is 3.95. The van der Waals surface area contributed by atoms with Crippen molar-refractivity contribution in [3.63, 3.8) is 0 Å². The van der Waals surface area contributed by atoms with Gasteiger partial charge in [-0.3, -0.25) is 0 Å². The Morgan fingerprint density at radius 3 is 2.62 bits per heavy atom. The normalized spacial score (nSPS) is 12.6. The molecular weight excluding hydrogens is 203 g/mol. The van der Waals surface area contributed by atoms with E-state index in [1.165, 1.54) is 6.07 Å². The second-order valence-corrected chi connectivity index (χ2v) is 4.27. The van der Waals surface area contributed by atoms with E-state index >= 15 is 0 Å². The molecule has 1 N–H and O–H groups in total. The van der Waals surface area contributed by atoms with Crippen molar-refractivity contribution in [2.45, 2.75) is 26.3 Å². The van der Waals surface area contributed by atoms with Crippen LogP contribution in [0.15, 0.2) is 18.2 Å². The summed E-state index contributed by atoms with van der Waals surface area (Å²) in [5.74, 6) is -0.175. The van der Waals surface area contributed by atoms with E-state index in [2.05, 4.69) is 19.2 Å². The van der Waals surface area contributed by atoms with Gasteiger partial charge in [0.1, 0.15) is 5.82 Å². The molecule has 0 fully saturated rings. The van der Waals surface area contributed by atoms with E-state index in [4.69, 9.17) is 0 Å².